The number of esters is 3. The Kier molecular flexibility index (Phi) is 19.3. The van der Waals surface area contributed by atoms with Crippen LogP contribution in [0, 0.1) is 20.8 Å². The van der Waals surface area contributed by atoms with Crippen LogP contribution in [0.15, 0.2) is 36.4 Å². The highest BCUT2D eigenvalue weighted by molar-refractivity contribution is 6.02. The topological polar surface area (TPSA) is 218 Å². The van der Waals surface area contributed by atoms with Gasteiger partial charge in [-0.15, -0.1) is 0 Å². The minimum absolute atomic E-state index is 0.000241. The predicted molar refractivity (Wildman–Crippen MR) is 195 cm³/mol. The molecule has 0 saturated heterocycles. The Balaban J connectivity index is 0.000000406. The van der Waals surface area contributed by atoms with Crippen LogP contribution in [-0.2, 0) is 28.6 Å². The van der Waals surface area contributed by atoms with Crippen LogP contribution in [0.5, 0.6) is 34.5 Å². The molecule has 0 heterocycles. The summed E-state index contributed by atoms with van der Waals surface area (Å²) in [6.45, 7) is 5.11. The molecule has 3 N–H and O–H groups in total. The van der Waals surface area contributed by atoms with Gasteiger partial charge >= 0.3 is 17.9 Å². The Morgan fingerprint density at radius 1 is 0.444 bits per heavy atom. The van der Waals surface area contributed by atoms with Crippen LogP contribution in [0.2, 0.25) is 0 Å². The second kappa shape index (κ2) is 22.7. The van der Waals surface area contributed by atoms with Crippen molar-refractivity contribution in [1.29, 1.82) is 0 Å². The molecule has 3 aromatic rings. The van der Waals surface area contributed by atoms with E-state index in [0.717, 1.165) is 11.6 Å². The van der Waals surface area contributed by atoms with Gasteiger partial charge in [0.25, 0.3) is 0 Å². The van der Waals surface area contributed by atoms with Crippen LogP contribution in [0.4, 0.5) is 0 Å². The van der Waals surface area contributed by atoms with Gasteiger partial charge in [0.15, 0.2) is 17.3 Å². The summed E-state index contributed by atoms with van der Waals surface area (Å²) in [5.74, 6) is -1.10. The lowest BCUT2D eigenvalue weighted by atomic mass is 10.00. The third kappa shape index (κ3) is 14.1. The molecule has 15 heteroatoms. The van der Waals surface area contributed by atoms with E-state index in [1.165, 1.54) is 47.7 Å². The number of aryl methyl sites for hydroxylation is 3. The normalized spacial score (nSPS) is 9.94. The minimum atomic E-state index is -0.478. The Hall–Kier alpha value is -6.12. The van der Waals surface area contributed by atoms with Crippen molar-refractivity contribution >= 4 is 35.3 Å². The quantitative estimate of drug-likeness (QED) is 0.0986. The van der Waals surface area contributed by atoms with E-state index in [9.17, 15) is 44.1 Å². The number of benzene rings is 3. The molecule has 0 fully saturated rings. The second-order valence-corrected chi connectivity index (χ2v) is 11.5. The van der Waals surface area contributed by atoms with Crippen molar-refractivity contribution < 1.29 is 72.5 Å². The fourth-order valence-electron chi connectivity index (χ4n) is 5.02. The fourth-order valence-corrected chi connectivity index (χ4v) is 5.02. The molecule has 0 atom stereocenters. The molecule has 0 radical (unpaired) electrons. The van der Waals surface area contributed by atoms with Gasteiger partial charge in [-0.05, 0) is 55.7 Å². The molecular weight excluding hydrogens is 708 g/mol. The van der Waals surface area contributed by atoms with E-state index in [2.05, 4.69) is 14.2 Å². The first kappa shape index (κ1) is 45.9. The zero-order chi connectivity index (χ0) is 41.1. The first-order valence-electron chi connectivity index (χ1n) is 16.4. The maximum absolute atomic E-state index is 12.1. The second-order valence-electron chi connectivity index (χ2n) is 11.5. The number of hydrogen-bond acceptors (Lipinski definition) is 15. The zero-order valence-electron chi connectivity index (χ0n) is 31.9. The summed E-state index contributed by atoms with van der Waals surface area (Å²) < 4.78 is 28.7. The van der Waals surface area contributed by atoms with Crippen molar-refractivity contribution in [2.75, 3.05) is 42.7 Å². The molecule has 54 heavy (non-hydrogen) atoms. The average Bonchev–Trinajstić information content (AvgIpc) is 3.13. The molecule has 0 aliphatic heterocycles. The van der Waals surface area contributed by atoms with Gasteiger partial charge in [-0.1, -0.05) is 0 Å². The fraction of sp³-hybridized carbons (Fsp3) is 0.385. The smallest absolute Gasteiger partial charge is 0.305 e. The molecule has 0 aromatic heterocycles. The van der Waals surface area contributed by atoms with Crippen molar-refractivity contribution in [1.82, 2.24) is 0 Å². The van der Waals surface area contributed by atoms with Crippen molar-refractivity contribution in [3.63, 3.8) is 0 Å². The number of hydrogen-bond donors (Lipinski definition) is 3. The van der Waals surface area contributed by atoms with Gasteiger partial charge < -0.3 is 43.7 Å². The lowest BCUT2D eigenvalue weighted by Crippen LogP contribution is -2.09. The summed E-state index contributed by atoms with van der Waals surface area (Å²) in [5.41, 5.74) is 2.67. The standard InChI is InChI=1S/C14H18O5.C13H16O5.C12H14O5/c1-9-7-10(17-2)8-12(18-3)14(9)11(15)5-6-13(16)19-4;1-8-6-9(17-2)7-11(15)13(8)10(14)4-5-12(16)18-3;1-7-5-8(13)6-10(15)12(7)9(14)3-4-11(16)17-2/h7-8H,5-6H2,1-4H3;6-7,15H,4-5H2,1-3H3;5-6,13,15H,3-4H2,1-2H3. The van der Waals surface area contributed by atoms with Gasteiger partial charge in [0.05, 0.1) is 78.6 Å². The Labute approximate surface area is 313 Å². The van der Waals surface area contributed by atoms with Crippen molar-refractivity contribution in [3.8, 4) is 34.5 Å². The first-order valence-corrected chi connectivity index (χ1v) is 16.4. The number of methoxy groups -OCH3 is 6. The van der Waals surface area contributed by atoms with Crippen LogP contribution in [0.25, 0.3) is 0 Å². The van der Waals surface area contributed by atoms with Gasteiger partial charge in [0, 0.05) is 37.5 Å². The van der Waals surface area contributed by atoms with E-state index in [-0.39, 0.29) is 84.3 Å². The molecule has 0 aliphatic rings. The molecule has 15 nitrogen and oxygen atoms in total. The molecule has 0 spiro atoms. The van der Waals surface area contributed by atoms with E-state index in [0.29, 0.717) is 33.9 Å². The summed E-state index contributed by atoms with van der Waals surface area (Å²) in [6, 6.07) is 8.92. The maximum atomic E-state index is 12.1. The minimum Gasteiger partial charge on any atom is -0.508 e. The molecular formula is C39H48O15. The van der Waals surface area contributed by atoms with Crippen LogP contribution in [0.1, 0.15) is 86.3 Å². The number of aromatic hydroxyl groups is 3. The number of Topliss-reactive ketones (excluding diaryl/α,β-unsaturated/α-hetero) is 3. The summed E-state index contributed by atoms with van der Waals surface area (Å²) >= 11 is 0. The summed E-state index contributed by atoms with van der Waals surface area (Å²) in [6.07, 6.45) is 0.0920. The van der Waals surface area contributed by atoms with Crippen LogP contribution < -0.4 is 14.2 Å². The van der Waals surface area contributed by atoms with E-state index in [1.54, 1.807) is 46.1 Å². The lowest BCUT2D eigenvalue weighted by molar-refractivity contribution is -0.141. The number of carbonyl (C=O) groups excluding carboxylic acids is 6. The zero-order valence-corrected chi connectivity index (χ0v) is 31.9. The lowest BCUT2D eigenvalue weighted by Gasteiger charge is -2.12. The van der Waals surface area contributed by atoms with E-state index < -0.39 is 17.9 Å². The molecule has 3 aromatic carbocycles. The number of phenols is 3. The molecule has 294 valence electrons. The Morgan fingerprint density at radius 2 is 0.796 bits per heavy atom. The van der Waals surface area contributed by atoms with Crippen LogP contribution >= 0.6 is 0 Å². The van der Waals surface area contributed by atoms with Crippen molar-refractivity contribution in [2.45, 2.75) is 59.3 Å². The molecule has 0 unspecified atom stereocenters. The van der Waals surface area contributed by atoms with Gasteiger partial charge in [0.1, 0.15) is 34.5 Å². The van der Waals surface area contributed by atoms with Gasteiger partial charge in [0.2, 0.25) is 0 Å². The van der Waals surface area contributed by atoms with Crippen molar-refractivity contribution in [2.24, 2.45) is 0 Å². The van der Waals surface area contributed by atoms with E-state index in [1.807, 2.05) is 0 Å². The van der Waals surface area contributed by atoms with Crippen LogP contribution in [0.3, 0.4) is 0 Å². The largest absolute Gasteiger partial charge is 0.508 e. The number of ketones is 3. The van der Waals surface area contributed by atoms with E-state index in [4.69, 9.17) is 14.2 Å². The monoisotopic (exact) mass is 756 g/mol. The number of carbonyl (C=O) groups is 6. The Bertz CT molecular complexity index is 1760. The number of rotatable bonds is 15. The third-order valence-electron chi connectivity index (χ3n) is 7.74. The highest BCUT2D eigenvalue weighted by Crippen LogP contribution is 2.31. The molecule has 0 bridgehead atoms. The van der Waals surface area contributed by atoms with Gasteiger partial charge in [-0.2, -0.15) is 0 Å². The highest BCUT2D eigenvalue weighted by atomic mass is 16.5. The highest BCUT2D eigenvalue weighted by Gasteiger charge is 2.20. The van der Waals surface area contributed by atoms with Crippen molar-refractivity contribution in [3.05, 3.63) is 69.8 Å². The number of ether oxygens (including phenoxy) is 6. The molecule has 0 aliphatic carbocycles. The first-order chi connectivity index (χ1) is 25.5. The maximum Gasteiger partial charge on any atom is 0.305 e. The summed E-state index contributed by atoms with van der Waals surface area (Å²) in [4.78, 5) is 68.7. The summed E-state index contributed by atoms with van der Waals surface area (Å²) in [7, 11) is 8.33. The summed E-state index contributed by atoms with van der Waals surface area (Å²) in [5, 5.41) is 28.6. The Morgan fingerprint density at radius 3 is 1.15 bits per heavy atom. The molecule has 0 amide bonds. The van der Waals surface area contributed by atoms with Gasteiger partial charge in [-0.25, -0.2) is 0 Å². The van der Waals surface area contributed by atoms with Gasteiger partial charge in [-0.3, -0.25) is 28.8 Å². The average molecular weight is 757 g/mol. The third-order valence-corrected chi connectivity index (χ3v) is 7.74. The van der Waals surface area contributed by atoms with Crippen LogP contribution in [-0.4, -0.2) is 93.2 Å². The number of phenolic OH excluding ortho intramolecular Hbond substituents is 3. The molecule has 3 rings (SSSR count). The SMILES string of the molecule is COC(=O)CCC(=O)c1c(C)cc(O)cc1O.COC(=O)CCC(=O)c1c(C)cc(OC)cc1O.COC(=O)CCC(=O)c1c(C)cc(OC)cc1OC. The molecule has 0 saturated carbocycles. The predicted octanol–water partition coefficient (Wildman–Crippen LogP) is 5.54. The van der Waals surface area contributed by atoms with E-state index >= 15 is 0 Å².